The van der Waals surface area contributed by atoms with Crippen LogP contribution in [0.25, 0.3) is 0 Å². The van der Waals surface area contributed by atoms with Crippen molar-refractivity contribution in [2.75, 3.05) is 13.2 Å². The smallest absolute Gasteiger partial charge is 0.223 e. The van der Waals surface area contributed by atoms with E-state index in [2.05, 4.69) is 20.8 Å². The van der Waals surface area contributed by atoms with Crippen molar-refractivity contribution in [3.8, 4) is 0 Å². The molecule has 1 saturated heterocycles. The Hall–Kier alpha value is -0.570. The van der Waals surface area contributed by atoms with Gasteiger partial charge in [-0.15, -0.1) is 0 Å². The molecule has 0 bridgehead atoms. The first-order valence-electron chi connectivity index (χ1n) is 6.34. The largest absolute Gasteiger partial charge is 0.394 e. The van der Waals surface area contributed by atoms with Gasteiger partial charge in [0.05, 0.1) is 12.6 Å². The quantitative estimate of drug-likeness (QED) is 0.785. The van der Waals surface area contributed by atoms with E-state index in [1.807, 2.05) is 4.90 Å². The van der Waals surface area contributed by atoms with Gasteiger partial charge in [-0.25, -0.2) is 0 Å². The minimum atomic E-state index is 0.0311. The predicted octanol–water partition coefficient (Wildman–Crippen LogP) is 2.19. The number of rotatable bonds is 2. The molecule has 1 fully saturated rings. The molecule has 1 aliphatic heterocycles. The van der Waals surface area contributed by atoms with Crippen LogP contribution in [-0.4, -0.2) is 35.1 Å². The van der Waals surface area contributed by atoms with Gasteiger partial charge in [0.2, 0.25) is 5.91 Å². The van der Waals surface area contributed by atoms with E-state index in [-0.39, 0.29) is 24.0 Å². The van der Waals surface area contributed by atoms with Crippen molar-refractivity contribution >= 4 is 5.91 Å². The van der Waals surface area contributed by atoms with Crippen LogP contribution in [0, 0.1) is 5.41 Å². The van der Waals surface area contributed by atoms with Gasteiger partial charge in [-0.1, -0.05) is 33.6 Å². The van der Waals surface area contributed by atoms with Crippen LogP contribution in [0.2, 0.25) is 0 Å². The molecule has 1 heterocycles. The number of amides is 1. The van der Waals surface area contributed by atoms with Crippen LogP contribution in [0.15, 0.2) is 0 Å². The molecule has 1 atom stereocenters. The average molecular weight is 227 g/mol. The zero-order valence-electron chi connectivity index (χ0n) is 10.8. The lowest BCUT2D eigenvalue weighted by molar-refractivity contribution is -0.136. The summed E-state index contributed by atoms with van der Waals surface area (Å²) < 4.78 is 0. The Morgan fingerprint density at radius 3 is 2.56 bits per heavy atom. The molecule has 0 saturated carbocycles. The van der Waals surface area contributed by atoms with Crippen LogP contribution in [0.1, 0.15) is 52.9 Å². The van der Waals surface area contributed by atoms with Crippen molar-refractivity contribution < 1.29 is 9.90 Å². The topological polar surface area (TPSA) is 40.5 Å². The lowest BCUT2D eigenvalue weighted by atomic mass is 9.91. The van der Waals surface area contributed by atoms with Crippen molar-refractivity contribution in [1.29, 1.82) is 0 Å². The molecule has 1 rings (SSSR count). The molecule has 1 aliphatic rings. The first-order valence-corrected chi connectivity index (χ1v) is 6.34. The molecule has 0 aromatic rings. The summed E-state index contributed by atoms with van der Waals surface area (Å²) in [6, 6.07) is 0.0531. The number of aliphatic hydroxyl groups excluding tert-OH is 1. The van der Waals surface area contributed by atoms with Gasteiger partial charge in [0.25, 0.3) is 0 Å². The number of hydrogen-bond donors (Lipinski definition) is 1. The van der Waals surface area contributed by atoms with Gasteiger partial charge in [0.1, 0.15) is 0 Å². The normalized spacial score (nSPS) is 23.0. The fourth-order valence-corrected chi connectivity index (χ4v) is 2.25. The van der Waals surface area contributed by atoms with Crippen molar-refractivity contribution in [3.63, 3.8) is 0 Å². The van der Waals surface area contributed by atoms with Gasteiger partial charge < -0.3 is 10.0 Å². The summed E-state index contributed by atoms with van der Waals surface area (Å²) in [6.45, 7) is 7.17. The highest BCUT2D eigenvalue weighted by atomic mass is 16.3. The van der Waals surface area contributed by atoms with E-state index in [9.17, 15) is 9.90 Å². The molecule has 3 nitrogen and oxygen atoms in total. The second kappa shape index (κ2) is 5.67. The first kappa shape index (κ1) is 13.5. The second-order valence-corrected chi connectivity index (χ2v) is 6.01. The Balaban J connectivity index is 2.63. The highest BCUT2D eigenvalue weighted by molar-refractivity contribution is 5.77. The van der Waals surface area contributed by atoms with Crippen molar-refractivity contribution in [1.82, 2.24) is 4.90 Å². The van der Waals surface area contributed by atoms with Crippen LogP contribution < -0.4 is 0 Å². The fourth-order valence-electron chi connectivity index (χ4n) is 2.25. The van der Waals surface area contributed by atoms with Gasteiger partial charge in [-0.05, 0) is 18.3 Å². The molecule has 94 valence electrons. The van der Waals surface area contributed by atoms with Gasteiger partial charge in [-0.2, -0.15) is 0 Å². The highest BCUT2D eigenvalue weighted by Crippen LogP contribution is 2.23. The van der Waals surface area contributed by atoms with Crippen molar-refractivity contribution in [2.24, 2.45) is 5.41 Å². The number of carbonyl (C=O) groups excluding carboxylic acids is 1. The monoisotopic (exact) mass is 227 g/mol. The van der Waals surface area contributed by atoms with E-state index in [0.717, 1.165) is 25.8 Å². The van der Waals surface area contributed by atoms with Crippen LogP contribution in [0.5, 0.6) is 0 Å². The molecule has 16 heavy (non-hydrogen) atoms. The Bertz CT molecular complexity index is 233. The Morgan fingerprint density at radius 2 is 2.00 bits per heavy atom. The summed E-state index contributed by atoms with van der Waals surface area (Å²) in [7, 11) is 0. The van der Waals surface area contributed by atoms with Crippen molar-refractivity contribution in [3.05, 3.63) is 0 Å². The summed E-state index contributed by atoms with van der Waals surface area (Å²) in [4.78, 5) is 14.1. The number of hydrogen-bond acceptors (Lipinski definition) is 2. The third-order valence-corrected chi connectivity index (χ3v) is 3.09. The van der Waals surface area contributed by atoms with Gasteiger partial charge >= 0.3 is 0 Å². The number of carbonyl (C=O) groups is 1. The number of nitrogens with zero attached hydrogens (tertiary/aromatic N) is 1. The lowest BCUT2D eigenvalue weighted by Crippen LogP contribution is -2.43. The average Bonchev–Trinajstić information content (AvgIpc) is 2.39. The standard InChI is InChI=1S/C13H25NO2/c1-13(2,3)9-12(16)14-8-6-4-5-7-11(14)10-15/h11,15H,4-10H2,1-3H3. The molecule has 0 aromatic heterocycles. The molecular weight excluding hydrogens is 202 g/mol. The molecule has 0 radical (unpaired) electrons. The molecule has 3 heteroatoms. The molecule has 1 N–H and O–H groups in total. The van der Waals surface area contributed by atoms with Crippen LogP contribution in [-0.2, 0) is 4.79 Å². The van der Waals surface area contributed by atoms with E-state index >= 15 is 0 Å². The van der Waals surface area contributed by atoms with E-state index in [1.165, 1.54) is 6.42 Å². The van der Waals surface area contributed by atoms with E-state index in [4.69, 9.17) is 0 Å². The highest BCUT2D eigenvalue weighted by Gasteiger charge is 2.27. The summed E-state index contributed by atoms with van der Waals surface area (Å²) in [5, 5.41) is 9.34. The van der Waals surface area contributed by atoms with Gasteiger partial charge in [-0.3, -0.25) is 4.79 Å². The second-order valence-electron chi connectivity index (χ2n) is 6.01. The maximum atomic E-state index is 12.2. The van der Waals surface area contributed by atoms with E-state index < -0.39 is 0 Å². The molecule has 0 aromatic carbocycles. The van der Waals surface area contributed by atoms with E-state index in [0.29, 0.717) is 6.42 Å². The summed E-state index contributed by atoms with van der Waals surface area (Å²) in [5.74, 6) is 0.202. The molecular formula is C13H25NO2. The maximum Gasteiger partial charge on any atom is 0.223 e. The van der Waals surface area contributed by atoms with Crippen molar-refractivity contribution in [2.45, 2.75) is 58.9 Å². The minimum absolute atomic E-state index is 0.0311. The first-order chi connectivity index (χ1) is 7.44. The third kappa shape index (κ3) is 4.12. The predicted molar refractivity (Wildman–Crippen MR) is 65.1 cm³/mol. The van der Waals surface area contributed by atoms with Crippen LogP contribution >= 0.6 is 0 Å². The Kier molecular flexibility index (Phi) is 4.78. The number of aliphatic hydroxyl groups is 1. The summed E-state index contributed by atoms with van der Waals surface area (Å²) in [5.41, 5.74) is 0.0311. The summed E-state index contributed by atoms with van der Waals surface area (Å²) in [6.07, 6.45) is 4.91. The fraction of sp³-hybridized carbons (Fsp3) is 0.923. The SMILES string of the molecule is CC(C)(C)CC(=O)N1CCCCCC1CO. The lowest BCUT2D eigenvalue weighted by Gasteiger charge is -2.31. The molecule has 1 unspecified atom stereocenters. The Morgan fingerprint density at radius 1 is 1.31 bits per heavy atom. The van der Waals surface area contributed by atoms with Gasteiger partial charge in [0.15, 0.2) is 0 Å². The zero-order valence-corrected chi connectivity index (χ0v) is 10.8. The zero-order chi connectivity index (χ0) is 12.2. The molecule has 0 aliphatic carbocycles. The summed E-state index contributed by atoms with van der Waals surface area (Å²) >= 11 is 0. The van der Waals surface area contributed by atoms with E-state index in [1.54, 1.807) is 0 Å². The van der Waals surface area contributed by atoms with Crippen LogP contribution in [0.3, 0.4) is 0 Å². The molecule has 0 spiro atoms. The third-order valence-electron chi connectivity index (χ3n) is 3.09. The number of likely N-dealkylation sites (tertiary alicyclic amines) is 1. The van der Waals surface area contributed by atoms with Gasteiger partial charge in [0, 0.05) is 13.0 Å². The van der Waals surface area contributed by atoms with Crippen LogP contribution in [0.4, 0.5) is 0 Å². The molecule has 1 amide bonds. The maximum absolute atomic E-state index is 12.2. The minimum Gasteiger partial charge on any atom is -0.394 e. The Labute approximate surface area is 98.8 Å².